The van der Waals surface area contributed by atoms with Gasteiger partial charge in [0.05, 0.1) is 23.1 Å². The van der Waals surface area contributed by atoms with Crippen LogP contribution in [0.1, 0.15) is 32.2 Å². The Morgan fingerprint density at radius 2 is 2.09 bits per heavy atom. The fourth-order valence-electron chi connectivity index (χ4n) is 4.40. The number of fused-ring (bicyclic) bond motifs is 2. The van der Waals surface area contributed by atoms with E-state index in [0.717, 1.165) is 29.4 Å². The van der Waals surface area contributed by atoms with Crippen LogP contribution in [0.25, 0.3) is 33.4 Å². The van der Waals surface area contributed by atoms with Crippen molar-refractivity contribution in [2.45, 2.75) is 38.3 Å². The Balaban J connectivity index is 1.46. The molecule has 1 saturated carbocycles. The zero-order valence-corrected chi connectivity index (χ0v) is 17.9. The smallest absolute Gasteiger partial charge is 0.419 e. The van der Waals surface area contributed by atoms with Crippen molar-refractivity contribution in [2.24, 2.45) is 13.0 Å². The number of hydrogen-bond acceptors (Lipinski definition) is 6. The Hall–Kier alpha value is -3.62. The van der Waals surface area contributed by atoms with E-state index < -0.39 is 5.76 Å². The minimum Gasteiger partial charge on any atom is -0.473 e. The third-order valence-electron chi connectivity index (χ3n) is 6.52. The number of amides is 1. The SMILES string of the molecule is CC(Oc1nc(-c2ccc3oc(=O)n(C)c3c2)cc2ncn(C3CC3)c12)C1CNC(=O)C1. The second-order valence-corrected chi connectivity index (χ2v) is 8.76. The van der Waals surface area contributed by atoms with Crippen LogP contribution in [-0.2, 0) is 11.8 Å². The van der Waals surface area contributed by atoms with Crippen molar-refractivity contribution >= 4 is 28.0 Å². The van der Waals surface area contributed by atoms with Crippen molar-refractivity contribution in [1.82, 2.24) is 24.4 Å². The van der Waals surface area contributed by atoms with E-state index in [1.807, 2.05) is 31.5 Å². The third-order valence-corrected chi connectivity index (χ3v) is 6.52. The van der Waals surface area contributed by atoms with Crippen molar-refractivity contribution in [3.05, 3.63) is 41.1 Å². The topological polar surface area (TPSA) is 104 Å². The van der Waals surface area contributed by atoms with Gasteiger partial charge in [-0.25, -0.2) is 14.8 Å². The van der Waals surface area contributed by atoms with Gasteiger partial charge in [0.15, 0.2) is 5.58 Å². The van der Waals surface area contributed by atoms with Gasteiger partial charge in [-0.2, -0.15) is 0 Å². The van der Waals surface area contributed by atoms with Gasteiger partial charge in [0.1, 0.15) is 11.6 Å². The zero-order valence-electron chi connectivity index (χ0n) is 17.9. The molecule has 164 valence electrons. The minimum absolute atomic E-state index is 0.0550. The molecule has 1 aliphatic heterocycles. The first-order chi connectivity index (χ1) is 15.5. The van der Waals surface area contributed by atoms with Gasteiger partial charge in [0, 0.05) is 37.5 Å². The number of carbonyl (C=O) groups excluding carboxylic acids is 1. The van der Waals surface area contributed by atoms with Crippen LogP contribution in [0.5, 0.6) is 5.88 Å². The number of hydrogen-bond donors (Lipinski definition) is 1. The van der Waals surface area contributed by atoms with E-state index >= 15 is 0 Å². The molecule has 9 nitrogen and oxygen atoms in total. The number of nitrogens with one attached hydrogen (secondary N) is 1. The number of aryl methyl sites for hydroxylation is 1. The predicted octanol–water partition coefficient (Wildman–Crippen LogP) is 2.78. The summed E-state index contributed by atoms with van der Waals surface area (Å²) in [6, 6.07) is 7.92. The Labute approximate surface area is 183 Å². The minimum atomic E-state index is -0.402. The highest BCUT2D eigenvalue weighted by molar-refractivity contribution is 5.87. The highest BCUT2D eigenvalue weighted by atomic mass is 16.5. The van der Waals surface area contributed by atoms with Crippen molar-refractivity contribution in [3.63, 3.8) is 0 Å². The van der Waals surface area contributed by atoms with E-state index in [1.165, 1.54) is 4.57 Å². The molecule has 1 amide bonds. The molecule has 2 atom stereocenters. The normalized spacial score (nSPS) is 19.6. The summed E-state index contributed by atoms with van der Waals surface area (Å²) >= 11 is 0. The molecular weight excluding hydrogens is 410 g/mol. The zero-order chi connectivity index (χ0) is 22.0. The largest absolute Gasteiger partial charge is 0.473 e. The van der Waals surface area contributed by atoms with Crippen molar-refractivity contribution in [3.8, 4) is 17.1 Å². The number of carbonyl (C=O) groups is 1. The van der Waals surface area contributed by atoms with Crippen LogP contribution in [0.15, 0.2) is 39.8 Å². The highest BCUT2D eigenvalue weighted by Gasteiger charge is 2.31. The molecule has 32 heavy (non-hydrogen) atoms. The average molecular weight is 433 g/mol. The fraction of sp³-hybridized carbons (Fsp3) is 0.391. The molecule has 2 unspecified atom stereocenters. The molecule has 4 heterocycles. The van der Waals surface area contributed by atoms with Gasteiger partial charge in [-0.05, 0) is 44.0 Å². The monoisotopic (exact) mass is 433 g/mol. The quantitative estimate of drug-likeness (QED) is 0.519. The molecule has 0 bridgehead atoms. The lowest BCUT2D eigenvalue weighted by Gasteiger charge is -2.20. The second-order valence-electron chi connectivity index (χ2n) is 8.76. The lowest BCUT2D eigenvalue weighted by Crippen LogP contribution is -2.26. The van der Waals surface area contributed by atoms with Crippen LogP contribution < -0.4 is 15.8 Å². The molecule has 0 radical (unpaired) electrons. The van der Waals surface area contributed by atoms with Crippen molar-refractivity contribution < 1.29 is 13.9 Å². The highest BCUT2D eigenvalue weighted by Crippen LogP contribution is 2.40. The molecule has 1 N–H and O–H groups in total. The summed E-state index contributed by atoms with van der Waals surface area (Å²) in [7, 11) is 1.68. The Morgan fingerprint density at radius 1 is 1.25 bits per heavy atom. The van der Waals surface area contributed by atoms with Gasteiger partial charge in [-0.15, -0.1) is 0 Å². The number of ether oxygens (including phenoxy) is 1. The van der Waals surface area contributed by atoms with Crippen LogP contribution in [0.3, 0.4) is 0 Å². The van der Waals surface area contributed by atoms with Gasteiger partial charge < -0.3 is 19.0 Å². The Kier molecular flexibility index (Phi) is 4.14. The fourth-order valence-corrected chi connectivity index (χ4v) is 4.40. The maximum Gasteiger partial charge on any atom is 0.419 e. The molecule has 9 heteroatoms. The third kappa shape index (κ3) is 3.07. The molecular formula is C23H23N5O4. The van der Waals surface area contributed by atoms with E-state index in [9.17, 15) is 9.59 Å². The van der Waals surface area contributed by atoms with Crippen molar-refractivity contribution in [1.29, 1.82) is 0 Å². The van der Waals surface area contributed by atoms with Crippen LogP contribution in [0.4, 0.5) is 0 Å². The molecule has 2 aliphatic rings. The van der Waals surface area contributed by atoms with Crippen LogP contribution in [0, 0.1) is 5.92 Å². The maximum absolute atomic E-state index is 11.9. The first-order valence-corrected chi connectivity index (χ1v) is 10.9. The summed E-state index contributed by atoms with van der Waals surface area (Å²) in [6.07, 6.45) is 4.37. The Bertz CT molecular complexity index is 1430. The standard InChI is InChI=1S/C23H23N5O4/c1-12(14-8-20(29)24-10-14)31-22-21-17(25-11-28(21)15-4-5-15)9-16(26-22)13-3-6-19-18(7-13)27(2)23(30)32-19/h3,6-7,9,11-12,14-15H,4-5,8,10H2,1-2H3,(H,24,29). The number of benzene rings is 1. The van der Waals surface area contributed by atoms with Gasteiger partial charge in [-0.3, -0.25) is 9.36 Å². The number of rotatable bonds is 5. The average Bonchev–Trinajstić information content (AvgIpc) is 3.26. The summed E-state index contributed by atoms with van der Waals surface area (Å²) < 4.78 is 15.3. The van der Waals surface area contributed by atoms with Crippen molar-refractivity contribution in [2.75, 3.05) is 6.54 Å². The number of imidazole rings is 1. The van der Waals surface area contributed by atoms with Gasteiger partial charge in [0.2, 0.25) is 11.8 Å². The molecule has 0 spiro atoms. The lowest BCUT2D eigenvalue weighted by molar-refractivity contribution is -0.119. The maximum atomic E-state index is 11.9. The van der Waals surface area contributed by atoms with E-state index in [1.54, 1.807) is 13.1 Å². The molecule has 1 saturated heterocycles. The van der Waals surface area contributed by atoms with Crippen LogP contribution >= 0.6 is 0 Å². The lowest BCUT2D eigenvalue weighted by atomic mass is 10.0. The second kappa shape index (κ2) is 6.94. The summed E-state index contributed by atoms with van der Waals surface area (Å²) in [4.78, 5) is 33.1. The van der Waals surface area contributed by atoms with E-state index in [4.69, 9.17) is 14.1 Å². The molecule has 1 aliphatic carbocycles. The Morgan fingerprint density at radius 3 is 2.84 bits per heavy atom. The summed E-state index contributed by atoms with van der Waals surface area (Å²) in [5, 5.41) is 2.88. The first kappa shape index (κ1) is 19.1. The van der Waals surface area contributed by atoms with Gasteiger partial charge >= 0.3 is 5.76 Å². The van der Waals surface area contributed by atoms with E-state index in [0.29, 0.717) is 41.7 Å². The molecule has 3 aromatic heterocycles. The first-order valence-electron chi connectivity index (χ1n) is 10.9. The summed E-state index contributed by atoms with van der Waals surface area (Å²) in [5.41, 5.74) is 4.47. The van der Waals surface area contributed by atoms with Gasteiger partial charge in [-0.1, -0.05) is 0 Å². The van der Waals surface area contributed by atoms with E-state index in [-0.39, 0.29) is 17.9 Å². The van der Waals surface area contributed by atoms with Crippen LogP contribution in [-0.4, -0.2) is 37.7 Å². The predicted molar refractivity (Wildman–Crippen MR) is 117 cm³/mol. The molecule has 2 fully saturated rings. The molecule has 4 aromatic rings. The molecule has 6 rings (SSSR count). The molecule has 1 aromatic carbocycles. The van der Waals surface area contributed by atoms with Crippen LogP contribution in [0.2, 0.25) is 0 Å². The summed E-state index contributed by atoms with van der Waals surface area (Å²) in [5.74, 6) is 0.271. The number of oxazole rings is 1. The number of pyridine rings is 1. The number of nitrogens with zero attached hydrogens (tertiary/aromatic N) is 4. The van der Waals surface area contributed by atoms with E-state index in [2.05, 4.69) is 14.9 Å². The van der Waals surface area contributed by atoms with Gasteiger partial charge in [0.25, 0.3) is 0 Å². The number of aromatic nitrogens is 4. The summed E-state index contributed by atoms with van der Waals surface area (Å²) in [6.45, 7) is 2.59.